The second kappa shape index (κ2) is 4.42. The Labute approximate surface area is 96.2 Å². The minimum atomic E-state index is 0.299. The first-order chi connectivity index (χ1) is 7.92. The third kappa shape index (κ3) is 2.35. The normalized spacial score (nSPS) is 25.4. The molecule has 1 atom stereocenters. The summed E-state index contributed by atoms with van der Waals surface area (Å²) in [5.74, 6) is 1.55. The summed E-state index contributed by atoms with van der Waals surface area (Å²) in [6.45, 7) is 2.07. The molecule has 1 aromatic heterocycles. The standard InChI is InChI=1S/C13H18N2O/c1-2-12(9-14-7-1)16-13-6-5-11(8-15-13)10-3-4-10/h5-6,8,10,12,14H,1-4,7,9H2/t12-/m0/s1. The Hall–Kier alpha value is -1.09. The van der Waals surface area contributed by atoms with Crippen LogP contribution in [0.1, 0.15) is 37.2 Å². The molecule has 1 aliphatic carbocycles. The van der Waals surface area contributed by atoms with E-state index in [0.29, 0.717) is 6.10 Å². The maximum atomic E-state index is 5.84. The molecule has 2 fully saturated rings. The first kappa shape index (κ1) is 10.1. The van der Waals surface area contributed by atoms with Gasteiger partial charge < -0.3 is 10.1 Å². The molecule has 2 heterocycles. The van der Waals surface area contributed by atoms with E-state index < -0.39 is 0 Å². The molecule has 0 aromatic carbocycles. The quantitative estimate of drug-likeness (QED) is 0.843. The van der Waals surface area contributed by atoms with Crippen molar-refractivity contribution in [3.8, 4) is 5.88 Å². The van der Waals surface area contributed by atoms with Crippen LogP contribution in [0, 0.1) is 0 Å². The number of nitrogens with zero attached hydrogens (tertiary/aromatic N) is 1. The third-order valence-electron chi connectivity index (χ3n) is 3.35. The molecule has 2 aliphatic rings. The van der Waals surface area contributed by atoms with Crippen LogP contribution in [0.15, 0.2) is 18.3 Å². The summed E-state index contributed by atoms with van der Waals surface area (Å²) in [5.41, 5.74) is 1.37. The van der Waals surface area contributed by atoms with Crippen LogP contribution in [-0.2, 0) is 0 Å². The van der Waals surface area contributed by atoms with Gasteiger partial charge in [0.15, 0.2) is 0 Å². The van der Waals surface area contributed by atoms with E-state index in [9.17, 15) is 0 Å². The van der Waals surface area contributed by atoms with Crippen molar-refractivity contribution in [2.45, 2.75) is 37.7 Å². The zero-order valence-corrected chi connectivity index (χ0v) is 9.48. The lowest BCUT2D eigenvalue weighted by molar-refractivity contribution is 0.160. The van der Waals surface area contributed by atoms with Gasteiger partial charge in [-0.05, 0) is 43.7 Å². The predicted molar refractivity (Wildman–Crippen MR) is 62.7 cm³/mol. The van der Waals surface area contributed by atoms with Gasteiger partial charge in [0.1, 0.15) is 6.10 Å². The highest BCUT2D eigenvalue weighted by atomic mass is 16.5. The Morgan fingerprint density at radius 2 is 2.19 bits per heavy atom. The van der Waals surface area contributed by atoms with Gasteiger partial charge in [-0.3, -0.25) is 0 Å². The van der Waals surface area contributed by atoms with Crippen molar-refractivity contribution < 1.29 is 4.74 Å². The van der Waals surface area contributed by atoms with Crippen molar-refractivity contribution in [3.63, 3.8) is 0 Å². The van der Waals surface area contributed by atoms with Gasteiger partial charge in [-0.25, -0.2) is 4.98 Å². The lowest BCUT2D eigenvalue weighted by atomic mass is 10.1. The minimum Gasteiger partial charge on any atom is -0.473 e. The molecular weight excluding hydrogens is 200 g/mol. The van der Waals surface area contributed by atoms with Crippen LogP contribution in [-0.4, -0.2) is 24.2 Å². The van der Waals surface area contributed by atoms with Crippen LogP contribution in [0.2, 0.25) is 0 Å². The minimum absolute atomic E-state index is 0.299. The van der Waals surface area contributed by atoms with Gasteiger partial charge in [-0.2, -0.15) is 0 Å². The molecule has 0 amide bonds. The smallest absolute Gasteiger partial charge is 0.213 e. The first-order valence-electron chi connectivity index (χ1n) is 6.25. The molecule has 0 unspecified atom stereocenters. The van der Waals surface area contributed by atoms with E-state index in [1.54, 1.807) is 0 Å². The van der Waals surface area contributed by atoms with Crippen molar-refractivity contribution in [1.82, 2.24) is 10.3 Å². The zero-order valence-electron chi connectivity index (χ0n) is 9.48. The monoisotopic (exact) mass is 218 g/mol. The van der Waals surface area contributed by atoms with E-state index in [1.807, 2.05) is 12.3 Å². The molecule has 16 heavy (non-hydrogen) atoms. The van der Waals surface area contributed by atoms with Gasteiger partial charge in [0.05, 0.1) is 0 Å². The highest BCUT2D eigenvalue weighted by molar-refractivity contribution is 5.24. The van der Waals surface area contributed by atoms with Gasteiger partial charge >= 0.3 is 0 Å². The molecule has 1 saturated carbocycles. The second-order valence-electron chi connectivity index (χ2n) is 4.79. The molecule has 3 heteroatoms. The average molecular weight is 218 g/mol. The van der Waals surface area contributed by atoms with E-state index in [2.05, 4.69) is 16.4 Å². The van der Waals surface area contributed by atoms with Crippen LogP contribution in [0.25, 0.3) is 0 Å². The molecule has 0 bridgehead atoms. The highest BCUT2D eigenvalue weighted by Gasteiger charge is 2.23. The largest absolute Gasteiger partial charge is 0.473 e. The molecule has 0 spiro atoms. The van der Waals surface area contributed by atoms with E-state index >= 15 is 0 Å². The maximum absolute atomic E-state index is 5.84. The SMILES string of the molecule is c1cc(O[C@H]2CCCNC2)ncc1C1CC1. The topological polar surface area (TPSA) is 34.1 Å². The summed E-state index contributed by atoms with van der Waals surface area (Å²) in [6, 6.07) is 4.18. The summed E-state index contributed by atoms with van der Waals surface area (Å²) in [4.78, 5) is 4.38. The Bertz CT molecular complexity index is 339. The van der Waals surface area contributed by atoms with E-state index in [-0.39, 0.29) is 0 Å². The zero-order chi connectivity index (χ0) is 10.8. The van der Waals surface area contributed by atoms with Gasteiger partial charge in [0.25, 0.3) is 0 Å². The van der Waals surface area contributed by atoms with E-state index in [1.165, 1.54) is 24.8 Å². The highest BCUT2D eigenvalue weighted by Crippen LogP contribution is 2.39. The first-order valence-corrected chi connectivity index (χ1v) is 6.25. The van der Waals surface area contributed by atoms with E-state index in [0.717, 1.165) is 31.3 Å². The fourth-order valence-electron chi connectivity index (χ4n) is 2.21. The summed E-state index contributed by atoms with van der Waals surface area (Å²) in [5, 5.41) is 3.34. The lowest BCUT2D eigenvalue weighted by Gasteiger charge is -2.23. The molecule has 1 saturated heterocycles. The molecule has 3 rings (SSSR count). The number of aromatic nitrogens is 1. The Morgan fingerprint density at radius 3 is 2.81 bits per heavy atom. The summed E-state index contributed by atoms with van der Waals surface area (Å²) in [7, 11) is 0. The molecular formula is C13H18N2O. The number of ether oxygens (including phenoxy) is 1. The average Bonchev–Trinajstić information content (AvgIpc) is 3.15. The van der Waals surface area contributed by atoms with Crippen molar-refractivity contribution in [2.75, 3.05) is 13.1 Å². The van der Waals surface area contributed by atoms with Crippen molar-refractivity contribution in [3.05, 3.63) is 23.9 Å². The molecule has 1 aliphatic heterocycles. The Morgan fingerprint density at radius 1 is 1.25 bits per heavy atom. The Kier molecular flexibility index (Phi) is 2.79. The fraction of sp³-hybridized carbons (Fsp3) is 0.615. The van der Waals surface area contributed by atoms with Crippen LogP contribution < -0.4 is 10.1 Å². The van der Waals surface area contributed by atoms with Gasteiger partial charge in [0, 0.05) is 18.8 Å². The van der Waals surface area contributed by atoms with Crippen LogP contribution in [0.4, 0.5) is 0 Å². The number of hydrogen-bond donors (Lipinski definition) is 1. The maximum Gasteiger partial charge on any atom is 0.213 e. The molecule has 86 valence electrons. The fourth-order valence-corrected chi connectivity index (χ4v) is 2.21. The number of piperidine rings is 1. The molecule has 1 aromatic rings. The lowest BCUT2D eigenvalue weighted by Crippen LogP contribution is -2.37. The predicted octanol–water partition coefficient (Wildman–Crippen LogP) is 2.09. The van der Waals surface area contributed by atoms with Gasteiger partial charge in [0.2, 0.25) is 5.88 Å². The van der Waals surface area contributed by atoms with Crippen molar-refractivity contribution in [2.24, 2.45) is 0 Å². The second-order valence-corrected chi connectivity index (χ2v) is 4.79. The molecule has 3 nitrogen and oxygen atoms in total. The van der Waals surface area contributed by atoms with Crippen LogP contribution in [0.5, 0.6) is 5.88 Å². The molecule has 0 radical (unpaired) electrons. The number of hydrogen-bond acceptors (Lipinski definition) is 3. The summed E-state index contributed by atoms with van der Waals surface area (Å²) in [6.07, 6.45) is 7.27. The Balaban J connectivity index is 1.60. The molecule has 1 N–H and O–H groups in total. The van der Waals surface area contributed by atoms with Crippen molar-refractivity contribution in [1.29, 1.82) is 0 Å². The van der Waals surface area contributed by atoms with E-state index in [4.69, 9.17) is 4.74 Å². The van der Waals surface area contributed by atoms with Crippen LogP contribution >= 0.6 is 0 Å². The summed E-state index contributed by atoms with van der Waals surface area (Å²) < 4.78 is 5.84. The summed E-state index contributed by atoms with van der Waals surface area (Å²) >= 11 is 0. The number of pyridine rings is 1. The number of rotatable bonds is 3. The van der Waals surface area contributed by atoms with Crippen molar-refractivity contribution >= 4 is 0 Å². The van der Waals surface area contributed by atoms with Gasteiger partial charge in [-0.1, -0.05) is 6.07 Å². The number of nitrogens with one attached hydrogen (secondary N) is 1. The third-order valence-corrected chi connectivity index (χ3v) is 3.35. The van der Waals surface area contributed by atoms with Gasteiger partial charge in [-0.15, -0.1) is 0 Å². The van der Waals surface area contributed by atoms with Crippen LogP contribution in [0.3, 0.4) is 0 Å².